The molecule has 5 heteroatoms. The van der Waals surface area contributed by atoms with Crippen molar-refractivity contribution in [3.8, 4) is 0 Å². The molecule has 1 fully saturated rings. The number of piperazine rings is 1. The van der Waals surface area contributed by atoms with Crippen LogP contribution in [0.3, 0.4) is 0 Å². The van der Waals surface area contributed by atoms with E-state index in [0.29, 0.717) is 19.5 Å². The van der Waals surface area contributed by atoms with E-state index in [-0.39, 0.29) is 18.4 Å². The topological polar surface area (TPSA) is 65.2 Å². The highest BCUT2D eigenvalue weighted by atomic mass is 16.2. The largest absolute Gasteiger partial charge is 0.358 e. The zero-order valence-corrected chi connectivity index (χ0v) is 13.2. The van der Waals surface area contributed by atoms with Crippen LogP contribution in [0.1, 0.15) is 22.4 Å². The van der Waals surface area contributed by atoms with Crippen LogP contribution in [0, 0.1) is 20.8 Å². The Labute approximate surface area is 129 Å². The number of aromatic amines is 1. The number of amides is 2. The van der Waals surface area contributed by atoms with Gasteiger partial charge in [-0.1, -0.05) is 12.1 Å². The van der Waals surface area contributed by atoms with Crippen LogP contribution in [0.15, 0.2) is 12.1 Å². The first kappa shape index (κ1) is 14.6. The molecule has 2 heterocycles. The fourth-order valence-electron chi connectivity index (χ4n) is 3.15. The van der Waals surface area contributed by atoms with Gasteiger partial charge < -0.3 is 15.2 Å². The minimum absolute atomic E-state index is 0.0137. The summed E-state index contributed by atoms with van der Waals surface area (Å²) in [6.45, 7) is 7.43. The van der Waals surface area contributed by atoms with E-state index < -0.39 is 0 Å². The lowest BCUT2D eigenvalue weighted by atomic mass is 10.0. The highest BCUT2D eigenvalue weighted by Gasteiger charge is 2.23. The molecule has 0 aliphatic carbocycles. The molecule has 2 amide bonds. The second-order valence-corrected chi connectivity index (χ2v) is 6.02. The molecule has 0 saturated carbocycles. The van der Waals surface area contributed by atoms with Gasteiger partial charge in [0.2, 0.25) is 11.8 Å². The van der Waals surface area contributed by atoms with E-state index in [0.717, 1.165) is 22.2 Å². The number of hydrogen-bond acceptors (Lipinski definition) is 2. The summed E-state index contributed by atoms with van der Waals surface area (Å²) in [5.74, 6) is -0.0676. The van der Waals surface area contributed by atoms with Crippen molar-refractivity contribution in [2.75, 3.05) is 19.6 Å². The van der Waals surface area contributed by atoms with Gasteiger partial charge in [-0.05, 0) is 37.5 Å². The van der Waals surface area contributed by atoms with Gasteiger partial charge >= 0.3 is 0 Å². The second kappa shape index (κ2) is 5.48. The predicted molar refractivity (Wildman–Crippen MR) is 85.8 cm³/mol. The van der Waals surface area contributed by atoms with Crippen molar-refractivity contribution in [1.29, 1.82) is 0 Å². The number of nitrogens with one attached hydrogen (secondary N) is 2. The molecule has 0 bridgehead atoms. The number of aromatic nitrogens is 1. The van der Waals surface area contributed by atoms with Gasteiger partial charge in [-0.2, -0.15) is 0 Å². The van der Waals surface area contributed by atoms with Crippen LogP contribution in [-0.2, 0) is 16.0 Å². The minimum atomic E-state index is -0.0812. The number of benzene rings is 1. The summed E-state index contributed by atoms with van der Waals surface area (Å²) in [5, 5.41) is 3.89. The molecule has 0 atom stereocenters. The monoisotopic (exact) mass is 299 g/mol. The molecule has 116 valence electrons. The quantitative estimate of drug-likeness (QED) is 0.884. The number of aryl methyl sites for hydroxylation is 3. The van der Waals surface area contributed by atoms with Gasteiger partial charge in [0.1, 0.15) is 0 Å². The Balaban J connectivity index is 1.94. The highest BCUT2D eigenvalue weighted by Crippen LogP contribution is 2.28. The van der Waals surface area contributed by atoms with Crippen LogP contribution in [0.4, 0.5) is 0 Å². The number of rotatable bonds is 2. The van der Waals surface area contributed by atoms with E-state index in [1.54, 1.807) is 4.90 Å². The molecule has 1 aromatic carbocycles. The summed E-state index contributed by atoms with van der Waals surface area (Å²) in [6, 6.07) is 4.18. The predicted octanol–water partition coefficient (Wildman–Crippen LogP) is 1.59. The molecule has 0 unspecified atom stereocenters. The average molecular weight is 299 g/mol. The van der Waals surface area contributed by atoms with Crippen LogP contribution >= 0.6 is 0 Å². The highest BCUT2D eigenvalue weighted by molar-refractivity contribution is 5.94. The summed E-state index contributed by atoms with van der Waals surface area (Å²) in [5.41, 5.74) is 5.54. The maximum absolute atomic E-state index is 12.5. The van der Waals surface area contributed by atoms with Gasteiger partial charge in [-0.3, -0.25) is 9.59 Å². The number of nitrogens with zero attached hydrogens (tertiary/aromatic N) is 1. The van der Waals surface area contributed by atoms with E-state index in [1.165, 1.54) is 11.1 Å². The van der Waals surface area contributed by atoms with E-state index in [4.69, 9.17) is 0 Å². The van der Waals surface area contributed by atoms with Gasteiger partial charge in [-0.25, -0.2) is 0 Å². The smallest absolute Gasteiger partial charge is 0.239 e. The normalized spacial score (nSPS) is 15.2. The van der Waals surface area contributed by atoms with Crippen molar-refractivity contribution in [2.24, 2.45) is 0 Å². The van der Waals surface area contributed by atoms with E-state index >= 15 is 0 Å². The molecule has 5 nitrogen and oxygen atoms in total. The zero-order valence-electron chi connectivity index (χ0n) is 13.2. The second-order valence-electron chi connectivity index (χ2n) is 6.02. The van der Waals surface area contributed by atoms with E-state index in [9.17, 15) is 9.59 Å². The lowest BCUT2D eigenvalue weighted by Crippen LogP contribution is -2.50. The Bertz CT molecular complexity index is 761. The Morgan fingerprint density at radius 1 is 1.23 bits per heavy atom. The fraction of sp³-hybridized carbons (Fsp3) is 0.412. The first-order chi connectivity index (χ1) is 10.5. The number of fused-ring (bicyclic) bond motifs is 1. The standard InChI is InChI=1S/C17H21N3O2/c1-10-4-5-11(2)17-16(10)13(12(3)19-17)8-15(22)20-7-6-18-14(21)9-20/h4-5,19H,6-9H2,1-3H3,(H,18,21). The van der Waals surface area contributed by atoms with Crippen molar-refractivity contribution in [3.63, 3.8) is 0 Å². The molecule has 3 rings (SSSR count). The fourth-order valence-corrected chi connectivity index (χ4v) is 3.15. The maximum atomic E-state index is 12.5. The van der Waals surface area contributed by atoms with Crippen molar-refractivity contribution >= 4 is 22.7 Å². The Kier molecular flexibility index (Phi) is 3.64. The number of carbonyl (C=O) groups excluding carboxylic acids is 2. The van der Waals surface area contributed by atoms with Crippen LogP contribution in [0.2, 0.25) is 0 Å². The molecule has 1 aromatic heterocycles. The van der Waals surface area contributed by atoms with E-state index in [1.807, 2.05) is 6.92 Å². The summed E-state index contributed by atoms with van der Waals surface area (Å²) < 4.78 is 0. The van der Waals surface area contributed by atoms with E-state index in [2.05, 4.69) is 36.3 Å². The maximum Gasteiger partial charge on any atom is 0.239 e. The van der Waals surface area contributed by atoms with Crippen molar-refractivity contribution in [2.45, 2.75) is 27.2 Å². The summed E-state index contributed by atoms with van der Waals surface area (Å²) in [4.78, 5) is 29.0. The molecule has 22 heavy (non-hydrogen) atoms. The molecule has 0 radical (unpaired) electrons. The van der Waals surface area contributed by atoms with Crippen molar-refractivity contribution in [1.82, 2.24) is 15.2 Å². The molecule has 2 aromatic rings. The van der Waals surface area contributed by atoms with Crippen LogP contribution < -0.4 is 5.32 Å². The molecule has 0 spiro atoms. The van der Waals surface area contributed by atoms with Crippen LogP contribution in [0.25, 0.3) is 10.9 Å². The molecule has 2 N–H and O–H groups in total. The number of hydrogen-bond donors (Lipinski definition) is 2. The van der Waals surface area contributed by atoms with Gasteiger partial charge in [-0.15, -0.1) is 0 Å². The Morgan fingerprint density at radius 2 is 1.95 bits per heavy atom. The molecule has 1 aliphatic heterocycles. The average Bonchev–Trinajstić information content (AvgIpc) is 2.81. The third kappa shape index (κ3) is 2.47. The molecule has 1 aliphatic rings. The zero-order chi connectivity index (χ0) is 15.9. The minimum Gasteiger partial charge on any atom is -0.358 e. The first-order valence-corrected chi connectivity index (χ1v) is 7.59. The molecular weight excluding hydrogens is 278 g/mol. The van der Waals surface area contributed by atoms with Crippen molar-refractivity contribution in [3.05, 3.63) is 34.5 Å². The van der Waals surface area contributed by atoms with Crippen LogP contribution in [0.5, 0.6) is 0 Å². The molecule has 1 saturated heterocycles. The van der Waals surface area contributed by atoms with Crippen LogP contribution in [-0.4, -0.2) is 41.3 Å². The summed E-state index contributed by atoms with van der Waals surface area (Å²) in [6.07, 6.45) is 0.337. The third-order valence-corrected chi connectivity index (χ3v) is 4.41. The SMILES string of the molecule is Cc1[nH]c2c(C)ccc(C)c2c1CC(=O)N1CCNC(=O)C1. The third-order valence-electron chi connectivity index (χ3n) is 4.41. The lowest BCUT2D eigenvalue weighted by molar-refractivity contribution is -0.137. The summed E-state index contributed by atoms with van der Waals surface area (Å²) >= 11 is 0. The number of carbonyl (C=O) groups is 2. The molecular formula is C17H21N3O2. The van der Waals surface area contributed by atoms with Gasteiger partial charge in [0, 0.05) is 29.7 Å². The van der Waals surface area contributed by atoms with Crippen molar-refractivity contribution < 1.29 is 9.59 Å². The Hall–Kier alpha value is -2.30. The number of H-pyrrole nitrogens is 1. The van der Waals surface area contributed by atoms with Gasteiger partial charge in [0.25, 0.3) is 0 Å². The first-order valence-electron chi connectivity index (χ1n) is 7.59. The summed E-state index contributed by atoms with van der Waals surface area (Å²) in [7, 11) is 0. The lowest BCUT2D eigenvalue weighted by Gasteiger charge is -2.26. The Morgan fingerprint density at radius 3 is 2.68 bits per heavy atom. The van der Waals surface area contributed by atoms with Gasteiger partial charge in [0.15, 0.2) is 0 Å². The van der Waals surface area contributed by atoms with Gasteiger partial charge in [0.05, 0.1) is 13.0 Å².